The van der Waals surface area contributed by atoms with Gasteiger partial charge in [-0.25, -0.2) is 8.78 Å². The van der Waals surface area contributed by atoms with Crippen LogP contribution in [0.15, 0.2) is 0 Å². The van der Waals surface area contributed by atoms with E-state index in [9.17, 15) is 8.78 Å². The van der Waals surface area contributed by atoms with Gasteiger partial charge in [0.05, 0.1) is 0 Å². The normalized spacial score (nSPS) is 34.9. The molecule has 0 amide bonds. The van der Waals surface area contributed by atoms with Gasteiger partial charge in [-0.05, 0) is 33.2 Å². The first-order valence-corrected chi connectivity index (χ1v) is 6.25. The van der Waals surface area contributed by atoms with Crippen molar-refractivity contribution in [2.45, 2.75) is 57.0 Å². The number of hydrogen-bond donors (Lipinski definition) is 1. The molecule has 0 aromatic rings. The van der Waals surface area contributed by atoms with Gasteiger partial charge in [-0.15, -0.1) is 0 Å². The standard InChI is InChI=1S/C12H22F2N2/c1-11(2)9-10(3-6-15-11)16-7-4-12(13,14)5-8-16/h10,15H,3-9H2,1-2H3. The van der Waals surface area contributed by atoms with E-state index in [1.165, 1.54) is 0 Å². The average Bonchev–Trinajstić information content (AvgIpc) is 2.16. The van der Waals surface area contributed by atoms with Gasteiger partial charge in [0.25, 0.3) is 5.92 Å². The van der Waals surface area contributed by atoms with Gasteiger partial charge in [0.2, 0.25) is 0 Å². The first-order chi connectivity index (χ1) is 7.38. The van der Waals surface area contributed by atoms with Crippen LogP contribution in [0, 0.1) is 0 Å². The molecule has 0 spiro atoms. The Kier molecular flexibility index (Phi) is 3.23. The highest BCUT2D eigenvalue weighted by Crippen LogP contribution is 2.31. The molecule has 4 heteroatoms. The van der Waals surface area contributed by atoms with Crippen molar-refractivity contribution in [3.63, 3.8) is 0 Å². The molecule has 2 aliphatic heterocycles. The number of piperidine rings is 2. The van der Waals surface area contributed by atoms with E-state index in [0.717, 1.165) is 19.4 Å². The number of rotatable bonds is 1. The molecule has 0 aromatic carbocycles. The van der Waals surface area contributed by atoms with Crippen molar-refractivity contribution in [2.24, 2.45) is 0 Å². The maximum absolute atomic E-state index is 13.1. The van der Waals surface area contributed by atoms with Crippen LogP contribution >= 0.6 is 0 Å². The van der Waals surface area contributed by atoms with Gasteiger partial charge in [0.1, 0.15) is 0 Å². The van der Waals surface area contributed by atoms with E-state index in [-0.39, 0.29) is 18.4 Å². The Morgan fingerprint density at radius 3 is 2.38 bits per heavy atom. The zero-order valence-electron chi connectivity index (χ0n) is 10.2. The molecule has 16 heavy (non-hydrogen) atoms. The van der Waals surface area contributed by atoms with Crippen LogP contribution in [0.3, 0.4) is 0 Å². The molecule has 2 aliphatic rings. The predicted molar refractivity (Wildman–Crippen MR) is 60.9 cm³/mol. The van der Waals surface area contributed by atoms with E-state index in [2.05, 4.69) is 24.1 Å². The number of nitrogens with one attached hydrogen (secondary N) is 1. The second-order valence-electron chi connectivity index (χ2n) is 5.85. The van der Waals surface area contributed by atoms with Crippen LogP contribution in [-0.2, 0) is 0 Å². The summed E-state index contributed by atoms with van der Waals surface area (Å²) in [7, 11) is 0. The van der Waals surface area contributed by atoms with Crippen molar-refractivity contribution in [3.05, 3.63) is 0 Å². The SMILES string of the molecule is CC1(C)CC(N2CCC(F)(F)CC2)CCN1. The van der Waals surface area contributed by atoms with Crippen molar-refractivity contribution >= 4 is 0 Å². The fourth-order valence-electron chi connectivity index (χ4n) is 2.87. The summed E-state index contributed by atoms with van der Waals surface area (Å²) in [4.78, 5) is 2.26. The topological polar surface area (TPSA) is 15.3 Å². The van der Waals surface area contributed by atoms with Crippen LogP contribution in [0.1, 0.15) is 39.5 Å². The minimum Gasteiger partial charge on any atom is -0.312 e. The molecule has 0 radical (unpaired) electrons. The maximum atomic E-state index is 13.1. The summed E-state index contributed by atoms with van der Waals surface area (Å²) in [5.74, 6) is -2.42. The highest BCUT2D eigenvalue weighted by Gasteiger charge is 2.38. The summed E-state index contributed by atoms with van der Waals surface area (Å²) in [5, 5.41) is 3.47. The van der Waals surface area contributed by atoms with Crippen LogP contribution in [0.25, 0.3) is 0 Å². The first-order valence-electron chi connectivity index (χ1n) is 6.25. The highest BCUT2D eigenvalue weighted by molar-refractivity contribution is 4.92. The lowest BCUT2D eigenvalue weighted by Gasteiger charge is -2.44. The van der Waals surface area contributed by atoms with Crippen molar-refractivity contribution < 1.29 is 8.78 Å². The molecule has 1 atom stereocenters. The molecule has 1 unspecified atom stereocenters. The van der Waals surface area contributed by atoms with E-state index in [0.29, 0.717) is 19.1 Å². The van der Waals surface area contributed by atoms with Crippen molar-refractivity contribution in [1.29, 1.82) is 0 Å². The molecule has 2 saturated heterocycles. The molecule has 0 aromatic heterocycles. The fourth-order valence-corrected chi connectivity index (χ4v) is 2.87. The molecule has 0 bridgehead atoms. The fraction of sp³-hybridized carbons (Fsp3) is 1.00. The van der Waals surface area contributed by atoms with Gasteiger partial charge in [-0.2, -0.15) is 0 Å². The largest absolute Gasteiger partial charge is 0.312 e. The minimum atomic E-state index is -2.42. The second kappa shape index (κ2) is 4.22. The van der Waals surface area contributed by atoms with Gasteiger partial charge in [0, 0.05) is 37.5 Å². The van der Waals surface area contributed by atoms with Gasteiger partial charge in [0.15, 0.2) is 0 Å². The molecule has 2 rings (SSSR count). The Morgan fingerprint density at radius 1 is 1.19 bits per heavy atom. The third-order valence-electron chi connectivity index (χ3n) is 3.87. The van der Waals surface area contributed by atoms with E-state index in [4.69, 9.17) is 0 Å². The highest BCUT2D eigenvalue weighted by atomic mass is 19.3. The minimum absolute atomic E-state index is 0.0390. The Hall–Kier alpha value is -0.220. The van der Waals surface area contributed by atoms with Crippen LogP contribution in [0.5, 0.6) is 0 Å². The molecule has 2 nitrogen and oxygen atoms in total. The van der Waals surface area contributed by atoms with Gasteiger partial charge in [-0.3, -0.25) is 4.90 Å². The van der Waals surface area contributed by atoms with Crippen molar-refractivity contribution in [2.75, 3.05) is 19.6 Å². The molecule has 1 N–H and O–H groups in total. The number of likely N-dealkylation sites (tertiary alicyclic amines) is 1. The second-order valence-corrected chi connectivity index (χ2v) is 5.85. The van der Waals surface area contributed by atoms with Crippen molar-refractivity contribution in [1.82, 2.24) is 10.2 Å². The third kappa shape index (κ3) is 2.92. The Balaban J connectivity index is 1.89. The lowest BCUT2D eigenvalue weighted by molar-refractivity contribution is -0.0676. The predicted octanol–water partition coefficient (Wildman–Crippen LogP) is 2.25. The Bertz CT molecular complexity index is 243. The summed E-state index contributed by atoms with van der Waals surface area (Å²) in [6, 6.07) is 0.493. The quantitative estimate of drug-likeness (QED) is 0.746. The zero-order chi connectivity index (χ0) is 11.8. The number of alkyl halides is 2. The summed E-state index contributed by atoms with van der Waals surface area (Å²) in [5.41, 5.74) is 0.156. The molecular formula is C12H22F2N2. The number of hydrogen-bond acceptors (Lipinski definition) is 2. The maximum Gasteiger partial charge on any atom is 0.250 e. The lowest BCUT2D eigenvalue weighted by atomic mass is 9.87. The summed E-state index contributed by atoms with van der Waals surface area (Å²) < 4.78 is 26.1. The summed E-state index contributed by atoms with van der Waals surface area (Å²) >= 11 is 0. The zero-order valence-corrected chi connectivity index (χ0v) is 10.2. The summed E-state index contributed by atoms with van der Waals surface area (Å²) in [6.45, 7) is 6.52. The smallest absolute Gasteiger partial charge is 0.250 e. The average molecular weight is 232 g/mol. The molecule has 0 aliphatic carbocycles. The van der Waals surface area contributed by atoms with E-state index in [1.807, 2.05) is 0 Å². The third-order valence-corrected chi connectivity index (χ3v) is 3.87. The molecule has 0 saturated carbocycles. The van der Waals surface area contributed by atoms with Gasteiger partial charge in [-0.1, -0.05) is 0 Å². The Labute approximate surface area is 96.4 Å². The monoisotopic (exact) mass is 232 g/mol. The molecule has 2 fully saturated rings. The molecular weight excluding hydrogens is 210 g/mol. The van der Waals surface area contributed by atoms with Crippen LogP contribution in [0.4, 0.5) is 8.78 Å². The van der Waals surface area contributed by atoms with E-state index < -0.39 is 5.92 Å². The van der Waals surface area contributed by atoms with Crippen LogP contribution < -0.4 is 5.32 Å². The molecule has 2 heterocycles. The van der Waals surface area contributed by atoms with E-state index in [1.54, 1.807) is 0 Å². The Morgan fingerprint density at radius 2 is 1.81 bits per heavy atom. The van der Waals surface area contributed by atoms with Gasteiger partial charge < -0.3 is 5.32 Å². The van der Waals surface area contributed by atoms with Crippen LogP contribution in [0.2, 0.25) is 0 Å². The van der Waals surface area contributed by atoms with Gasteiger partial charge >= 0.3 is 0 Å². The lowest BCUT2D eigenvalue weighted by Crippen LogP contribution is -2.55. The molecule has 94 valence electrons. The number of nitrogens with zero attached hydrogens (tertiary/aromatic N) is 1. The summed E-state index contributed by atoms with van der Waals surface area (Å²) in [6.07, 6.45) is 2.24. The van der Waals surface area contributed by atoms with E-state index >= 15 is 0 Å². The first kappa shape index (κ1) is 12.2. The van der Waals surface area contributed by atoms with Crippen molar-refractivity contribution in [3.8, 4) is 0 Å². The van der Waals surface area contributed by atoms with Crippen LogP contribution in [-0.4, -0.2) is 42.0 Å². The number of halogens is 2.